The minimum absolute atomic E-state index is 0.0249. The van der Waals surface area contributed by atoms with Crippen molar-refractivity contribution in [1.82, 2.24) is 9.55 Å². The number of esters is 1. The smallest absolute Gasteiger partial charge is 0.417 e. The maximum atomic E-state index is 12.7. The standard InChI is InChI=1S/C19H11Cl2F3N4O3/c1-30-18(29)16-15(26)9(6-25)8-28(16)11-2-3-14(12(20)5-11)31-17-13(21)4-10(7-27-17)19(22,23)24/h2-5,7-8H,26H2,1H3. The molecule has 7 nitrogen and oxygen atoms in total. The zero-order valence-corrected chi connectivity index (χ0v) is 17.0. The number of pyridine rings is 1. The van der Waals surface area contributed by atoms with E-state index in [0.717, 1.165) is 7.11 Å². The van der Waals surface area contributed by atoms with Gasteiger partial charge in [0.25, 0.3) is 0 Å². The molecule has 0 amide bonds. The fourth-order valence-corrected chi connectivity index (χ4v) is 3.02. The number of nitriles is 1. The number of aromatic nitrogens is 2. The van der Waals surface area contributed by atoms with E-state index in [9.17, 15) is 23.2 Å². The number of benzene rings is 1. The lowest BCUT2D eigenvalue weighted by Crippen LogP contribution is -2.11. The van der Waals surface area contributed by atoms with Crippen molar-refractivity contribution in [2.75, 3.05) is 12.8 Å². The quantitative estimate of drug-likeness (QED) is 0.523. The van der Waals surface area contributed by atoms with E-state index in [1.165, 1.54) is 29.0 Å². The molecule has 0 spiro atoms. The van der Waals surface area contributed by atoms with Crippen molar-refractivity contribution in [1.29, 1.82) is 5.26 Å². The molecule has 3 aromatic rings. The molecular formula is C19H11Cl2F3N4O3. The van der Waals surface area contributed by atoms with E-state index in [1.807, 2.05) is 6.07 Å². The van der Waals surface area contributed by atoms with Gasteiger partial charge >= 0.3 is 12.1 Å². The van der Waals surface area contributed by atoms with Crippen molar-refractivity contribution in [2.24, 2.45) is 0 Å². The predicted octanol–water partition coefficient (Wildman–Crippen LogP) is 5.23. The monoisotopic (exact) mass is 470 g/mol. The second kappa shape index (κ2) is 8.37. The first-order chi connectivity index (χ1) is 14.6. The third kappa shape index (κ3) is 4.38. The number of anilines is 1. The minimum Gasteiger partial charge on any atom is -0.464 e. The molecule has 0 unspecified atom stereocenters. The van der Waals surface area contributed by atoms with Gasteiger partial charge in [-0.25, -0.2) is 9.78 Å². The van der Waals surface area contributed by atoms with E-state index in [4.69, 9.17) is 38.4 Å². The summed E-state index contributed by atoms with van der Waals surface area (Å²) in [5, 5.41) is 8.85. The minimum atomic E-state index is -4.60. The number of alkyl halides is 3. The predicted molar refractivity (Wildman–Crippen MR) is 106 cm³/mol. The van der Waals surface area contributed by atoms with E-state index in [-0.39, 0.29) is 38.6 Å². The van der Waals surface area contributed by atoms with Gasteiger partial charge in [0, 0.05) is 18.1 Å². The fourth-order valence-electron chi connectivity index (χ4n) is 2.60. The first-order valence-corrected chi connectivity index (χ1v) is 9.02. The summed E-state index contributed by atoms with van der Waals surface area (Å²) in [4.78, 5) is 15.7. The lowest BCUT2D eigenvalue weighted by atomic mass is 10.2. The Morgan fingerprint density at radius 2 is 1.97 bits per heavy atom. The lowest BCUT2D eigenvalue weighted by Gasteiger charge is -2.13. The van der Waals surface area contributed by atoms with Crippen LogP contribution in [-0.2, 0) is 10.9 Å². The molecule has 0 aliphatic rings. The van der Waals surface area contributed by atoms with Crippen molar-refractivity contribution in [3.63, 3.8) is 0 Å². The van der Waals surface area contributed by atoms with Crippen LogP contribution in [-0.4, -0.2) is 22.6 Å². The van der Waals surface area contributed by atoms with Gasteiger partial charge in [-0.1, -0.05) is 23.2 Å². The first-order valence-electron chi connectivity index (χ1n) is 8.26. The van der Waals surface area contributed by atoms with Gasteiger partial charge in [0.1, 0.15) is 16.8 Å². The Kier molecular flexibility index (Phi) is 6.01. The summed E-state index contributed by atoms with van der Waals surface area (Å²) in [6, 6.07) is 6.81. The van der Waals surface area contributed by atoms with Crippen LogP contribution in [0.4, 0.5) is 18.9 Å². The number of methoxy groups -OCH3 is 1. The highest BCUT2D eigenvalue weighted by Gasteiger charge is 2.32. The number of carbonyl (C=O) groups excluding carboxylic acids is 1. The number of nitrogens with two attached hydrogens (primary N) is 1. The Bertz CT molecular complexity index is 1220. The molecule has 2 heterocycles. The summed E-state index contributed by atoms with van der Waals surface area (Å²) in [5.74, 6) is -1.01. The number of rotatable bonds is 4. The maximum Gasteiger partial charge on any atom is 0.417 e. The highest BCUT2D eigenvalue weighted by molar-refractivity contribution is 6.33. The van der Waals surface area contributed by atoms with Crippen LogP contribution in [0.3, 0.4) is 0 Å². The molecule has 0 bridgehead atoms. The van der Waals surface area contributed by atoms with Crippen molar-refractivity contribution < 1.29 is 27.4 Å². The fraction of sp³-hybridized carbons (Fsp3) is 0.105. The lowest BCUT2D eigenvalue weighted by molar-refractivity contribution is -0.137. The molecule has 0 aliphatic heterocycles. The number of ether oxygens (including phenoxy) is 2. The molecule has 0 saturated heterocycles. The van der Waals surface area contributed by atoms with Gasteiger partial charge in [-0.3, -0.25) is 0 Å². The molecule has 2 aromatic heterocycles. The number of nitrogens with zero attached hydrogens (tertiary/aromatic N) is 3. The second-order valence-corrected chi connectivity index (χ2v) is 6.82. The Hall–Kier alpha value is -3.42. The van der Waals surface area contributed by atoms with E-state index in [1.54, 1.807) is 0 Å². The number of nitrogen functional groups attached to an aromatic ring is 1. The summed E-state index contributed by atoms with van der Waals surface area (Å²) in [6.45, 7) is 0. The molecule has 3 rings (SSSR count). The van der Waals surface area contributed by atoms with E-state index in [0.29, 0.717) is 18.0 Å². The molecule has 0 saturated carbocycles. The molecule has 0 atom stereocenters. The third-order valence-electron chi connectivity index (χ3n) is 4.08. The molecule has 0 radical (unpaired) electrons. The van der Waals surface area contributed by atoms with Crippen molar-refractivity contribution in [3.05, 3.63) is 63.5 Å². The summed E-state index contributed by atoms with van der Waals surface area (Å²) >= 11 is 12.1. The summed E-state index contributed by atoms with van der Waals surface area (Å²) in [7, 11) is 1.16. The topological polar surface area (TPSA) is 103 Å². The summed E-state index contributed by atoms with van der Waals surface area (Å²) in [5.41, 5.74) is 5.09. The Labute approximate surface area is 183 Å². The van der Waals surface area contributed by atoms with Crippen LogP contribution in [0.2, 0.25) is 10.0 Å². The zero-order chi connectivity index (χ0) is 22.9. The Morgan fingerprint density at radius 3 is 2.52 bits per heavy atom. The van der Waals surface area contributed by atoms with Crippen LogP contribution in [0.25, 0.3) is 5.69 Å². The van der Waals surface area contributed by atoms with Crippen molar-refractivity contribution >= 4 is 34.9 Å². The largest absolute Gasteiger partial charge is 0.464 e. The van der Waals surface area contributed by atoms with Crippen LogP contribution in [0.1, 0.15) is 21.6 Å². The van der Waals surface area contributed by atoms with E-state index < -0.39 is 17.7 Å². The highest BCUT2D eigenvalue weighted by Crippen LogP contribution is 2.37. The van der Waals surface area contributed by atoms with Crippen LogP contribution < -0.4 is 10.5 Å². The first kappa shape index (κ1) is 22.3. The van der Waals surface area contributed by atoms with Gasteiger partial charge in [0.2, 0.25) is 5.88 Å². The van der Waals surface area contributed by atoms with Gasteiger partial charge in [-0.2, -0.15) is 18.4 Å². The van der Waals surface area contributed by atoms with Crippen LogP contribution >= 0.6 is 23.2 Å². The third-order valence-corrected chi connectivity index (χ3v) is 4.64. The molecule has 1 aromatic carbocycles. The molecule has 0 fully saturated rings. The van der Waals surface area contributed by atoms with Gasteiger partial charge < -0.3 is 19.8 Å². The molecule has 160 valence electrons. The van der Waals surface area contributed by atoms with Crippen LogP contribution in [0.15, 0.2) is 36.7 Å². The number of carbonyl (C=O) groups is 1. The number of hydrogen-bond donors (Lipinski definition) is 1. The average Bonchev–Trinajstić information content (AvgIpc) is 3.05. The molecule has 31 heavy (non-hydrogen) atoms. The molecular weight excluding hydrogens is 460 g/mol. The van der Waals surface area contributed by atoms with Gasteiger partial charge in [-0.05, 0) is 24.3 Å². The zero-order valence-electron chi connectivity index (χ0n) is 15.5. The second-order valence-electron chi connectivity index (χ2n) is 6.00. The Morgan fingerprint density at radius 1 is 1.26 bits per heavy atom. The van der Waals surface area contributed by atoms with Gasteiger partial charge in [-0.15, -0.1) is 0 Å². The molecule has 12 heteroatoms. The van der Waals surface area contributed by atoms with Crippen molar-refractivity contribution in [2.45, 2.75) is 6.18 Å². The van der Waals surface area contributed by atoms with Crippen molar-refractivity contribution in [3.8, 4) is 23.4 Å². The molecule has 2 N–H and O–H groups in total. The Balaban J connectivity index is 1.97. The maximum absolute atomic E-state index is 12.7. The number of halogens is 5. The van der Waals surface area contributed by atoms with Gasteiger partial charge in [0.15, 0.2) is 5.69 Å². The van der Waals surface area contributed by atoms with E-state index >= 15 is 0 Å². The van der Waals surface area contributed by atoms with E-state index in [2.05, 4.69) is 4.98 Å². The van der Waals surface area contributed by atoms with Crippen LogP contribution in [0, 0.1) is 11.3 Å². The number of hydrogen-bond acceptors (Lipinski definition) is 6. The van der Waals surface area contributed by atoms with Gasteiger partial charge in [0.05, 0.1) is 28.9 Å². The normalized spacial score (nSPS) is 11.1. The molecule has 0 aliphatic carbocycles. The highest BCUT2D eigenvalue weighted by atomic mass is 35.5. The summed E-state index contributed by atoms with van der Waals surface area (Å²) < 4.78 is 49.7. The van der Waals surface area contributed by atoms with Crippen LogP contribution in [0.5, 0.6) is 11.6 Å². The SMILES string of the molecule is COC(=O)c1c(N)c(C#N)cn1-c1ccc(Oc2ncc(C(F)(F)F)cc2Cl)c(Cl)c1. The summed E-state index contributed by atoms with van der Waals surface area (Å²) in [6.07, 6.45) is -2.69. The average molecular weight is 471 g/mol.